The number of carbonyl (C=O) groups excluding carboxylic acids is 1. The second-order valence-electron chi connectivity index (χ2n) is 5.82. The average Bonchev–Trinajstić information content (AvgIpc) is 2.38. The molecule has 112 valence electrons. The fraction of sp³-hybridized carbons (Fsp3) is 0.375. The van der Waals surface area contributed by atoms with Crippen molar-refractivity contribution in [3.05, 3.63) is 34.9 Å². The molecule has 0 saturated carbocycles. The number of ether oxygens (including phenoxy) is 1. The average molecular weight is 307 g/mol. The standard InChI is InChI=1S/C16H19ClN2O2/c1-5-21-15(20)19-14-12(17)9-10-8-11(16(2,3)4)6-7-13(10)18-14/h6-9H,5H2,1-4H3,(H,18,19,20). The molecule has 0 aliphatic rings. The molecule has 2 rings (SSSR count). The third-order valence-corrected chi connectivity index (χ3v) is 3.42. The van der Waals surface area contributed by atoms with Crippen LogP contribution in [0.3, 0.4) is 0 Å². The number of carbonyl (C=O) groups is 1. The number of aromatic nitrogens is 1. The Kier molecular flexibility index (Phi) is 4.37. The molecule has 0 atom stereocenters. The number of fused-ring (bicyclic) bond motifs is 1. The van der Waals surface area contributed by atoms with Gasteiger partial charge in [0.05, 0.1) is 17.1 Å². The Labute approximate surface area is 129 Å². The van der Waals surface area contributed by atoms with Crippen molar-refractivity contribution in [1.82, 2.24) is 4.98 Å². The van der Waals surface area contributed by atoms with Crippen LogP contribution in [-0.2, 0) is 10.2 Å². The highest BCUT2D eigenvalue weighted by Gasteiger charge is 2.15. The molecule has 0 aliphatic heterocycles. The van der Waals surface area contributed by atoms with Gasteiger partial charge in [0, 0.05) is 5.39 Å². The van der Waals surface area contributed by atoms with E-state index in [1.807, 2.05) is 12.1 Å². The van der Waals surface area contributed by atoms with Crippen LogP contribution in [0.5, 0.6) is 0 Å². The fourth-order valence-corrected chi connectivity index (χ4v) is 2.18. The van der Waals surface area contributed by atoms with Crippen LogP contribution in [0.1, 0.15) is 33.3 Å². The highest BCUT2D eigenvalue weighted by Crippen LogP contribution is 2.29. The summed E-state index contributed by atoms with van der Waals surface area (Å²) in [5, 5.41) is 3.88. The zero-order valence-corrected chi connectivity index (χ0v) is 13.4. The topological polar surface area (TPSA) is 51.2 Å². The van der Waals surface area contributed by atoms with Gasteiger partial charge in [-0.2, -0.15) is 0 Å². The molecule has 0 radical (unpaired) electrons. The van der Waals surface area contributed by atoms with E-state index >= 15 is 0 Å². The van der Waals surface area contributed by atoms with Gasteiger partial charge in [-0.05, 0) is 36.1 Å². The van der Waals surface area contributed by atoms with Gasteiger partial charge in [0.15, 0.2) is 5.82 Å². The van der Waals surface area contributed by atoms with Gasteiger partial charge in [0.25, 0.3) is 0 Å². The highest BCUT2D eigenvalue weighted by molar-refractivity contribution is 6.34. The maximum Gasteiger partial charge on any atom is 0.412 e. The molecular formula is C16H19ClN2O2. The maximum atomic E-state index is 11.5. The molecule has 0 unspecified atom stereocenters. The van der Waals surface area contributed by atoms with Crippen LogP contribution in [-0.4, -0.2) is 17.7 Å². The van der Waals surface area contributed by atoms with Crippen LogP contribution < -0.4 is 5.32 Å². The molecule has 1 amide bonds. The summed E-state index contributed by atoms with van der Waals surface area (Å²) in [5.74, 6) is 0.311. The zero-order chi connectivity index (χ0) is 15.6. The Morgan fingerprint density at radius 1 is 1.33 bits per heavy atom. The largest absolute Gasteiger partial charge is 0.450 e. The summed E-state index contributed by atoms with van der Waals surface area (Å²) < 4.78 is 4.83. The number of nitrogens with zero attached hydrogens (tertiary/aromatic N) is 1. The van der Waals surface area contributed by atoms with Crippen molar-refractivity contribution in [3.8, 4) is 0 Å². The first-order valence-corrected chi connectivity index (χ1v) is 7.23. The molecule has 1 heterocycles. The smallest absolute Gasteiger partial charge is 0.412 e. The third kappa shape index (κ3) is 3.64. The number of benzene rings is 1. The molecular weight excluding hydrogens is 288 g/mol. The van der Waals surface area contributed by atoms with E-state index in [9.17, 15) is 4.79 Å². The molecule has 0 bridgehead atoms. The van der Waals surface area contributed by atoms with Crippen LogP contribution in [0, 0.1) is 0 Å². The Bertz CT molecular complexity index is 678. The van der Waals surface area contributed by atoms with Crippen molar-refractivity contribution in [2.45, 2.75) is 33.1 Å². The molecule has 1 aromatic heterocycles. The number of hydrogen-bond donors (Lipinski definition) is 1. The summed E-state index contributed by atoms with van der Waals surface area (Å²) >= 11 is 6.18. The third-order valence-electron chi connectivity index (χ3n) is 3.13. The van der Waals surface area contributed by atoms with Crippen LogP contribution in [0.2, 0.25) is 5.02 Å². The number of pyridine rings is 1. The summed E-state index contributed by atoms with van der Waals surface area (Å²) in [6, 6.07) is 7.85. The van der Waals surface area contributed by atoms with E-state index in [2.05, 4.69) is 37.1 Å². The SMILES string of the molecule is CCOC(=O)Nc1nc2ccc(C(C)(C)C)cc2cc1Cl. The van der Waals surface area contributed by atoms with Crippen molar-refractivity contribution in [1.29, 1.82) is 0 Å². The predicted molar refractivity (Wildman–Crippen MR) is 86.1 cm³/mol. The van der Waals surface area contributed by atoms with E-state index in [1.165, 1.54) is 5.56 Å². The van der Waals surface area contributed by atoms with Crippen molar-refractivity contribution in [2.24, 2.45) is 0 Å². The van der Waals surface area contributed by atoms with Gasteiger partial charge in [-0.25, -0.2) is 9.78 Å². The van der Waals surface area contributed by atoms with Gasteiger partial charge in [-0.3, -0.25) is 5.32 Å². The Balaban J connectivity index is 2.40. The second kappa shape index (κ2) is 5.90. The minimum Gasteiger partial charge on any atom is -0.450 e. The number of hydrogen-bond acceptors (Lipinski definition) is 3. The summed E-state index contributed by atoms with van der Waals surface area (Å²) in [7, 11) is 0. The Morgan fingerprint density at radius 2 is 2.05 bits per heavy atom. The maximum absolute atomic E-state index is 11.5. The first-order valence-electron chi connectivity index (χ1n) is 6.86. The van der Waals surface area contributed by atoms with Crippen molar-refractivity contribution >= 4 is 34.4 Å². The molecule has 0 saturated heterocycles. The Morgan fingerprint density at radius 3 is 2.67 bits per heavy atom. The van der Waals surface area contributed by atoms with Gasteiger partial charge >= 0.3 is 6.09 Å². The lowest BCUT2D eigenvalue weighted by Gasteiger charge is -2.19. The summed E-state index contributed by atoms with van der Waals surface area (Å²) in [6.07, 6.45) is -0.558. The molecule has 0 aliphatic carbocycles. The molecule has 5 heteroatoms. The van der Waals surface area contributed by atoms with Crippen LogP contribution >= 0.6 is 11.6 Å². The number of halogens is 1. The monoisotopic (exact) mass is 306 g/mol. The van der Waals surface area contributed by atoms with E-state index in [1.54, 1.807) is 13.0 Å². The minimum atomic E-state index is -0.558. The Hall–Kier alpha value is -1.81. The summed E-state index contributed by atoms with van der Waals surface area (Å²) in [6.45, 7) is 8.49. The van der Waals surface area contributed by atoms with Gasteiger partial charge in [-0.15, -0.1) is 0 Å². The first-order chi connectivity index (χ1) is 9.81. The molecule has 0 fully saturated rings. The lowest BCUT2D eigenvalue weighted by Crippen LogP contribution is -2.14. The quantitative estimate of drug-likeness (QED) is 0.870. The minimum absolute atomic E-state index is 0.0581. The molecule has 0 spiro atoms. The van der Waals surface area contributed by atoms with Gasteiger partial charge in [-0.1, -0.05) is 38.4 Å². The number of amides is 1. The lowest BCUT2D eigenvalue weighted by molar-refractivity contribution is 0.168. The first kappa shape index (κ1) is 15.6. The molecule has 4 nitrogen and oxygen atoms in total. The molecule has 1 aromatic carbocycles. The van der Waals surface area contributed by atoms with Gasteiger partial charge < -0.3 is 4.74 Å². The van der Waals surface area contributed by atoms with Gasteiger partial charge in [0.2, 0.25) is 0 Å². The van der Waals surface area contributed by atoms with E-state index in [0.717, 1.165) is 10.9 Å². The number of anilines is 1. The van der Waals surface area contributed by atoms with E-state index in [-0.39, 0.29) is 5.41 Å². The molecule has 2 aromatic rings. The van der Waals surface area contributed by atoms with E-state index in [4.69, 9.17) is 16.3 Å². The van der Waals surface area contributed by atoms with Crippen LogP contribution in [0.25, 0.3) is 10.9 Å². The normalized spacial score (nSPS) is 11.5. The number of rotatable bonds is 2. The van der Waals surface area contributed by atoms with Crippen molar-refractivity contribution in [3.63, 3.8) is 0 Å². The van der Waals surface area contributed by atoms with Crippen molar-refractivity contribution in [2.75, 3.05) is 11.9 Å². The molecule has 1 N–H and O–H groups in total. The molecule has 21 heavy (non-hydrogen) atoms. The van der Waals surface area contributed by atoms with Crippen molar-refractivity contribution < 1.29 is 9.53 Å². The van der Waals surface area contributed by atoms with Crippen LogP contribution in [0.4, 0.5) is 10.6 Å². The van der Waals surface area contributed by atoms with Crippen LogP contribution in [0.15, 0.2) is 24.3 Å². The van der Waals surface area contributed by atoms with E-state index in [0.29, 0.717) is 17.4 Å². The zero-order valence-electron chi connectivity index (χ0n) is 12.7. The summed E-state index contributed by atoms with van der Waals surface area (Å²) in [4.78, 5) is 15.8. The van der Waals surface area contributed by atoms with E-state index < -0.39 is 6.09 Å². The second-order valence-corrected chi connectivity index (χ2v) is 6.23. The van der Waals surface area contributed by atoms with Gasteiger partial charge in [0.1, 0.15) is 0 Å². The highest BCUT2D eigenvalue weighted by atomic mass is 35.5. The summed E-state index contributed by atoms with van der Waals surface area (Å²) in [5.41, 5.74) is 2.04. The fourth-order valence-electron chi connectivity index (χ4n) is 1.97. The predicted octanol–water partition coefficient (Wildman–Crippen LogP) is 4.75. The lowest BCUT2D eigenvalue weighted by atomic mass is 9.86. The number of nitrogens with one attached hydrogen (secondary N) is 1.